The van der Waals surface area contributed by atoms with E-state index in [1.807, 2.05) is 20.8 Å². The summed E-state index contributed by atoms with van der Waals surface area (Å²) < 4.78 is 5.37. The van der Waals surface area contributed by atoms with Gasteiger partial charge in [0.25, 0.3) is 0 Å². The van der Waals surface area contributed by atoms with Crippen LogP contribution < -0.4 is 5.32 Å². The number of nitrogens with one attached hydrogen (secondary N) is 1. The Morgan fingerprint density at radius 3 is 2.64 bits per heavy atom. The third kappa shape index (κ3) is 4.09. The minimum Gasteiger partial charge on any atom is -0.460 e. The Labute approximate surface area is 86.2 Å². The fourth-order valence-corrected chi connectivity index (χ4v) is 1.64. The van der Waals surface area contributed by atoms with Gasteiger partial charge in [-0.25, -0.2) is 0 Å². The Balaban J connectivity index is 2.42. The van der Waals surface area contributed by atoms with Crippen LogP contribution in [-0.4, -0.2) is 24.7 Å². The molecule has 3 heteroatoms. The Morgan fingerprint density at radius 2 is 2.00 bits per heavy atom. The van der Waals surface area contributed by atoms with Gasteiger partial charge in [0.05, 0.1) is 5.92 Å². The highest BCUT2D eigenvalue weighted by atomic mass is 16.6. The van der Waals surface area contributed by atoms with Crippen molar-refractivity contribution in [1.29, 1.82) is 0 Å². The van der Waals surface area contributed by atoms with Crippen molar-refractivity contribution >= 4 is 5.97 Å². The monoisotopic (exact) mass is 199 g/mol. The predicted octanol–water partition coefficient (Wildman–Crippen LogP) is 1.72. The Morgan fingerprint density at radius 1 is 1.29 bits per heavy atom. The van der Waals surface area contributed by atoms with Crippen molar-refractivity contribution in [3.05, 3.63) is 0 Å². The first kappa shape index (κ1) is 11.5. The molecule has 0 saturated carbocycles. The van der Waals surface area contributed by atoms with Gasteiger partial charge in [-0.2, -0.15) is 0 Å². The lowest BCUT2D eigenvalue weighted by atomic mass is 10.0. The van der Waals surface area contributed by atoms with Crippen LogP contribution in [0.3, 0.4) is 0 Å². The van der Waals surface area contributed by atoms with Crippen molar-refractivity contribution in [2.75, 3.05) is 13.1 Å². The Kier molecular flexibility index (Phi) is 3.93. The lowest BCUT2D eigenvalue weighted by molar-refractivity contribution is -0.160. The highest BCUT2D eigenvalue weighted by molar-refractivity contribution is 5.72. The fourth-order valence-electron chi connectivity index (χ4n) is 1.64. The van der Waals surface area contributed by atoms with Crippen LogP contribution in [0, 0.1) is 5.92 Å². The average molecular weight is 199 g/mol. The summed E-state index contributed by atoms with van der Waals surface area (Å²) in [6, 6.07) is 0. The third-order valence-corrected chi connectivity index (χ3v) is 2.32. The molecule has 1 N–H and O–H groups in total. The molecule has 0 spiro atoms. The van der Waals surface area contributed by atoms with Crippen LogP contribution in [0.15, 0.2) is 0 Å². The van der Waals surface area contributed by atoms with Crippen LogP contribution in [0.4, 0.5) is 0 Å². The first-order valence-corrected chi connectivity index (χ1v) is 5.42. The van der Waals surface area contributed by atoms with Gasteiger partial charge in [0.2, 0.25) is 0 Å². The summed E-state index contributed by atoms with van der Waals surface area (Å²) in [4.78, 5) is 11.7. The third-order valence-electron chi connectivity index (χ3n) is 2.32. The highest BCUT2D eigenvalue weighted by Crippen LogP contribution is 2.18. The molecule has 0 aromatic heterocycles. The summed E-state index contributed by atoms with van der Waals surface area (Å²) in [5, 5.41) is 3.29. The van der Waals surface area contributed by atoms with Gasteiger partial charge in [-0.05, 0) is 53.1 Å². The maximum Gasteiger partial charge on any atom is 0.309 e. The lowest BCUT2D eigenvalue weighted by Gasteiger charge is -2.23. The number of carbonyl (C=O) groups is 1. The minimum atomic E-state index is -0.350. The van der Waals surface area contributed by atoms with Crippen LogP contribution in [0.5, 0.6) is 0 Å². The quantitative estimate of drug-likeness (QED) is 0.653. The van der Waals surface area contributed by atoms with Crippen LogP contribution in [0.25, 0.3) is 0 Å². The van der Waals surface area contributed by atoms with Crippen molar-refractivity contribution in [1.82, 2.24) is 5.32 Å². The van der Waals surface area contributed by atoms with E-state index >= 15 is 0 Å². The largest absolute Gasteiger partial charge is 0.460 e. The molecular weight excluding hydrogens is 178 g/mol. The van der Waals surface area contributed by atoms with E-state index in [1.165, 1.54) is 0 Å². The average Bonchev–Trinajstić information content (AvgIpc) is 2.27. The molecule has 1 saturated heterocycles. The zero-order valence-corrected chi connectivity index (χ0v) is 9.43. The van der Waals surface area contributed by atoms with Crippen LogP contribution in [0.1, 0.15) is 40.0 Å². The Bertz CT molecular complexity index is 188. The molecule has 1 aliphatic rings. The first-order chi connectivity index (χ1) is 6.49. The van der Waals surface area contributed by atoms with E-state index in [0.29, 0.717) is 0 Å². The highest BCUT2D eigenvalue weighted by Gasteiger charge is 2.25. The summed E-state index contributed by atoms with van der Waals surface area (Å²) in [6.07, 6.45) is 2.95. The molecule has 0 radical (unpaired) electrons. The van der Waals surface area contributed by atoms with E-state index < -0.39 is 0 Å². The molecule has 0 aliphatic carbocycles. The van der Waals surface area contributed by atoms with E-state index in [4.69, 9.17) is 4.74 Å². The normalized spacial score (nSPS) is 24.1. The molecular formula is C11H21NO2. The molecule has 0 aromatic rings. The van der Waals surface area contributed by atoms with Gasteiger partial charge >= 0.3 is 5.97 Å². The molecule has 1 aliphatic heterocycles. The van der Waals surface area contributed by atoms with Crippen molar-refractivity contribution in [2.45, 2.75) is 45.6 Å². The number of rotatable bonds is 1. The van der Waals surface area contributed by atoms with Gasteiger partial charge in [-0.15, -0.1) is 0 Å². The lowest BCUT2D eigenvalue weighted by Crippen LogP contribution is -2.29. The Hall–Kier alpha value is -0.570. The number of carbonyl (C=O) groups excluding carboxylic acids is 1. The molecule has 82 valence electrons. The second-order valence-corrected chi connectivity index (χ2v) is 4.91. The topological polar surface area (TPSA) is 38.3 Å². The zero-order chi connectivity index (χ0) is 10.6. The van der Waals surface area contributed by atoms with Crippen LogP contribution in [0.2, 0.25) is 0 Å². The van der Waals surface area contributed by atoms with Gasteiger partial charge in [0.15, 0.2) is 0 Å². The molecule has 1 unspecified atom stereocenters. The fraction of sp³-hybridized carbons (Fsp3) is 0.909. The SMILES string of the molecule is CC(C)(C)OC(=O)C1CCCNCC1. The molecule has 1 fully saturated rings. The molecule has 1 rings (SSSR count). The molecule has 3 nitrogen and oxygen atoms in total. The standard InChI is InChI=1S/C11H21NO2/c1-11(2,3)14-10(13)9-5-4-7-12-8-6-9/h9,12H,4-8H2,1-3H3. The van der Waals surface area contributed by atoms with Gasteiger partial charge in [0.1, 0.15) is 5.60 Å². The minimum absolute atomic E-state index is 0.0267. The second kappa shape index (κ2) is 4.78. The maximum atomic E-state index is 11.7. The summed E-state index contributed by atoms with van der Waals surface area (Å²) in [6.45, 7) is 7.71. The van der Waals surface area contributed by atoms with E-state index in [0.717, 1.165) is 32.4 Å². The molecule has 0 bridgehead atoms. The molecule has 0 amide bonds. The van der Waals surface area contributed by atoms with E-state index in [1.54, 1.807) is 0 Å². The van der Waals surface area contributed by atoms with Crippen molar-refractivity contribution < 1.29 is 9.53 Å². The summed E-state index contributed by atoms with van der Waals surface area (Å²) in [5.74, 6) is 0.0745. The van der Waals surface area contributed by atoms with Gasteiger partial charge in [-0.3, -0.25) is 4.79 Å². The van der Waals surface area contributed by atoms with Gasteiger partial charge < -0.3 is 10.1 Å². The van der Waals surface area contributed by atoms with Crippen molar-refractivity contribution in [2.24, 2.45) is 5.92 Å². The number of hydrogen-bond acceptors (Lipinski definition) is 3. The number of esters is 1. The second-order valence-electron chi connectivity index (χ2n) is 4.91. The molecule has 1 heterocycles. The molecule has 0 aromatic carbocycles. The first-order valence-electron chi connectivity index (χ1n) is 5.42. The van der Waals surface area contributed by atoms with Crippen molar-refractivity contribution in [3.63, 3.8) is 0 Å². The van der Waals surface area contributed by atoms with Gasteiger partial charge in [-0.1, -0.05) is 0 Å². The van der Waals surface area contributed by atoms with Crippen LogP contribution >= 0.6 is 0 Å². The van der Waals surface area contributed by atoms with E-state index in [-0.39, 0.29) is 17.5 Å². The molecule has 1 atom stereocenters. The number of ether oxygens (including phenoxy) is 1. The van der Waals surface area contributed by atoms with Crippen LogP contribution in [-0.2, 0) is 9.53 Å². The van der Waals surface area contributed by atoms with Gasteiger partial charge in [0, 0.05) is 0 Å². The number of hydrogen-bond donors (Lipinski definition) is 1. The van der Waals surface area contributed by atoms with E-state index in [9.17, 15) is 4.79 Å². The summed E-state index contributed by atoms with van der Waals surface area (Å²) in [5.41, 5.74) is -0.350. The zero-order valence-electron chi connectivity index (χ0n) is 9.43. The predicted molar refractivity (Wildman–Crippen MR) is 56.1 cm³/mol. The van der Waals surface area contributed by atoms with Crippen molar-refractivity contribution in [3.8, 4) is 0 Å². The summed E-state index contributed by atoms with van der Waals surface area (Å²) >= 11 is 0. The smallest absolute Gasteiger partial charge is 0.309 e. The van der Waals surface area contributed by atoms with E-state index in [2.05, 4.69) is 5.32 Å². The summed E-state index contributed by atoms with van der Waals surface area (Å²) in [7, 11) is 0. The molecule has 14 heavy (non-hydrogen) atoms. The maximum absolute atomic E-state index is 11.7.